The molecular weight excluding hydrogens is 394 g/mol. The lowest BCUT2D eigenvalue weighted by Crippen LogP contribution is -2.22. The number of hydrogen-bond donors (Lipinski definition) is 1. The molecule has 0 fully saturated rings. The van der Waals surface area contributed by atoms with E-state index in [0.29, 0.717) is 10.7 Å². The summed E-state index contributed by atoms with van der Waals surface area (Å²) in [4.78, 5) is 1.54. The molecule has 5 heteroatoms. The molecule has 0 amide bonds. The first-order chi connectivity index (χ1) is 14.1. The quantitative estimate of drug-likeness (QED) is 0.417. The number of nitrogens with zero attached hydrogens (tertiary/aromatic N) is 3. The SMILES string of the molecule is CC(C)(C)c1cc(-n2nc3ccccc3n2)c(O)c(C(C)(C)c2ccc(Cl)cc2)c1. The van der Waals surface area contributed by atoms with Crippen LogP contribution in [-0.4, -0.2) is 20.1 Å². The number of halogens is 1. The Morgan fingerprint density at radius 3 is 1.90 bits per heavy atom. The highest BCUT2D eigenvalue weighted by molar-refractivity contribution is 6.30. The maximum absolute atomic E-state index is 11.4. The maximum Gasteiger partial charge on any atom is 0.147 e. The van der Waals surface area contributed by atoms with E-state index in [9.17, 15) is 5.11 Å². The minimum absolute atomic E-state index is 0.111. The van der Waals surface area contributed by atoms with E-state index in [1.54, 1.807) is 0 Å². The molecule has 4 aromatic rings. The summed E-state index contributed by atoms with van der Waals surface area (Å²) in [6.45, 7) is 10.7. The Morgan fingerprint density at radius 2 is 1.37 bits per heavy atom. The summed E-state index contributed by atoms with van der Waals surface area (Å²) < 4.78 is 0. The molecule has 0 unspecified atom stereocenters. The largest absolute Gasteiger partial charge is 0.505 e. The van der Waals surface area contributed by atoms with Crippen LogP contribution in [0.25, 0.3) is 16.7 Å². The fourth-order valence-electron chi connectivity index (χ4n) is 3.67. The van der Waals surface area contributed by atoms with E-state index in [-0.39, 0.29) is 11.2 Å². The van der Waals surface area contributed by atoms with Crippen LogP contribution < -0.4 is 0 Å². The first kappa shape index (κ1) is 20.4. The molecule has 0 bridgehead atoms. The third-order valence-electron chi connectivity index (χ3n) is 5.70. The molecule has 30 heavy (non-hydrogen) atoms. The van der Waals surface area contributed by atoms with Crippen LogP contribution in [0, 0.1) is 0 Å². The average Bonchev–Trinajstić information content (AvgIpc) is 3.11. The van der Waals surface area contributed by atoms with Gasteiger partial charge in [0.05, 0.1) is 0 Å². The van der Waals surface area contributed by atoms with Gasteiger partial charge in [-0.25, -0.2) is 0 Å². The molecule has 0 aliphatic carbocycles. The lowest BCUT2D eigenvalue weighted by Gasteiger charge is -2.30. The van der Waals surface area contributed by atoms with Gasteiger partial charge in [-0.1, -0.05) is 76.6 Å². The molecule has 3 aromatic carbocycles. The van der Waals surface area contributed by atoms with E-state index in [4.69, 9.17) is 11.6 Å². The molecule has 1 aromatic heterocycles. The molecule has 0 saturated carbocycles. The van der Waals surface area contributed by atoms with Crippen molar-refractivity contribution < 1.29 is 5.11 Å². The van der Waals surface area contributed by atoms with E-state index in [0.717, 1.165) is 27.7 Å². The molecule has 0 atom stereocenters. The third kappa shape index (κ3) is 3.56. The van der Waals surface area contributed by atoms with Crippen LogP contribution >= 0.6 is 11.6 Å². The summed E-state index contributed by atoms with van der Waals surface area (Å²) in [5.74, 6) is 0.184. The third-order valence-corrected chi connectivity index (χ3v) is 5.95. The van der Waals surface area contributed by atoms with Crippen LogP contribution in [0.2, 0.25) is 5.02 Å². The van der Waals surface area contributed by atoms with Gasteiger partial charge >= 0.3 is 0 Å². The molecule has 0 spiro atoms. The highest BCUT2D eigenvalue weighted by Gasteiger charge is 2.31. The van der Waals surface area contributed by atoms with E-state index >= 15 is 0 Å². The van der Waals surface area contributed by atoms with Gasteiger partial charge in [0, 0.05) is 16.0 Å². The second-order valence-electron chi connectivity index (χ2n) is 9.25. The van der Waals surface area contributed by atoms with Gasteiger partial charge in [0.1, 0.15) is 22.5 Å². The summed E-state index contributed by atoms with van der Waals surface area (Å²) in [6, 6.07) is 19.6. The van der Waals surface area contributed by atoms with Gasteiger partial charge in [0.2, 0.25) is 0 Å². The highest BCUT2D eigenvalue weighted by Crippen LogP contribution is 2.42. The molecular formula is C25H26ClN3O. The lowest BCUT2D eigenvalue weighted by atomic mass is 9.75. The standard InChI is InChI=1S/C25H26ClN3O/c1-24(2,3)17-14-19(25(4,5)16-10-12-18(26)13-11-16)23(30)22(15-17)29-27-20-8-6-7-9-21(20)28-29/h6-15,30H,1-5H3. The molecule has 1 N–H and O–H groups in total. The predicted octanol–water partition coefficient (Wildman–Crippen LogP) is 6.40. The van der Waals surface area contributed by atoms with Crippen LogP contribution in [0.4, 0.5) is 0 Å². The number of rotatable bonds is 3. The van der Waals surface area contributed by atoms with Crippen molar-refractivity contribution in [3.8, 4) is 11.4 Å². The molecule has 0 saturated heterocycles. The zero-order valence-electron chi connectivity index (χ0n) is 17.9. The van der Waals surface area contributed by atoms with Crippen LogP contribution in [0.3, 0.4) is 0 Å². The van der Waals surface area contributed by atoms with Crippen molar-refractivity contribution >= 4 is 22.6 Å². The number of benzene rings is 3. The van der Waals surface area contributed by atoms with Crippen molar-refractivity contribution in [2.24, 2.45) is 0 Å². The Kier molecular flexibility index (Phi) is 4.86. The first-order valence-corrected chi connectivity index (χ1v) is 10.4. The smallest absolute Gasteiger partial charge is 0.147 e. The van der Waals surface area contributed by atoms with Crippen molar-refractivity contribution in [2.75, 3.05) is 0 Å². The van der Waals surface area contributed by atoms with Crippen molar-refractivity contribution in [3.63, 3.8) is 0 Å². The summed E-state index contributed by atoms with van der Waals surface area (Å²) in [5, 5.41) is 21.3. The summed E-state index contributed by atoms with van der Waals surface area (Å²) in [5.41, 5.74) is 4.60. The number of aromatic nitrogens is 3. The average molecular weight is 420 g/mol. The Bertz CT molecular complexity index is 1180. The Balaban J connectivity index is 1.96. The van der Waals surface area contributed by atoms with Crippen LogP contribution in [0.5, 0.6) is 5.75 Å². The van der Waals surface area contributed by atoms with Crippen LogP contribution in [0.1, 0.15) is 51.3 Å². The van der Waals surface area contributed by atoms with Crippen molar-refractivity contribution in [1.82, 2.24) is 15.0 Å². The fraction of sp³-hybridized carbons (Fsp3) is 0.280. The molecule has 4 rings (SSSR count). The van der Waals surface area contributed by atoms with E-state index in [1.807, 2.05) is 54.6 Å². The highest BCUT2D eigenvalue weighted by atomic mass is 35.5. The van der Waals surface area contributed by atoms with Crippen LogP contribution in [0.15, 0.2) is 60.7 Å². The van der Waals surface area contributed by atoms with Crippen molar-refractivity contribution in [2.45, 2.75) is 45.4 Å². The van der Waals surface area contributed by atoms with E-state index < -0.39 is 5.41 Å². The van der Waals surface area contributed by atoms with Gasteiger partial charge in [-0.15, -0.1) is 15.0 Å². The van der Waals surface area contributed by atoms with Gasteiger partial charge in [-0.3, -0.25) is 0 Å². The van der Waals surface area contributed by atoms with Gasteiger partial charge in [-0.05, 0) is 46.9 Å². The van der Waals surface area contributed by atoms with Gasteiger partial charge < -0.3 is 5.11 Å². The van der Waals surface area contributed by atoms with Gasteiger partial charge in [0.15, 0.2) is 0 Å². The normalized spacial score (nSPS) is 12.5. The zero-order valence-corrected chi connectivity index (χ0v) is 18.7. The number of phenolic OH excluding ortho intramolecular Hbond substituents is 1. The number of aromatic hydroxyl groups is 1. The number of phenols is 1. The number of fused-ring (bicyclic) bond motifs is 1. The first-order valence-electron chi connectivity index (χ1n) is 10.0. The second kappa shape index (κ2) is 7.13. The molecule has 0 radical (unpaired) electrons. The summed E-state index contributed by atoms with van der Waals surface area (Å²) >= 11 is 6.10. The summed E-state index contributed by atoms with van der Waals surface area (Å²) in [6.07, 6.45) is 0. The zero-order chi connectivity index (χ0) is 21.7. The minimum atomic E-state index is -0.447. The Hall–Kier alpha value is -2.85. The van der Waals surface area contributed by atoms with E-state index in [1.165, 1.54) is 4.80 Å². The Labute approximate surface area is 182 Å². The van der Waals surface area contributed by atoms with Crippen molar-refractivity contribution in [3.05, 3.63) is 82.4 Å². The van der Waals surface area contributed by atoms with Crippen LogP contribution in [-0.2, 0) is 10.8 Å². The molecule has 4 nitrogen and oxygen atoms in total. The minimum Gasteiger partial charge on any atom is -0.505 e. The predicted molar refractivity (Wildman–Crippen MR) is 123 cm³/mol. The molecule has 1 heterocycles. The molecule has 154 valence electrons. The fourth-order valence-corrected chi connectivity index (χ4v) is 3.80. The van der Waals surface area contributed by atoms with Gasteiger partial charge in [-0.2, -0.15) is 0 Å². The molecule has 0 aliphatic heterocycles. The number of hydrogen-bond acceptors (Lipinski definition) is 3. The Morgan fingerprint density at radius 1 is 0.800 bits per heavy atom. The lowest BCUT2D eigenvalue weighted by molar-refractivity contribution is 0.444. The molecule has 0 aliphatic rings. The maximum atomic E-state index is 11.4. The second-order valence-corrected chi connectivity index (χ2v) is 9.69. The van der Waals surface area contributed by atoms with Gasteiger partial charge in [0.25, 0.3) is 0 Å². The summed E-state index contributed by atoms with van der Waals surface area (Å²) in [7, 11) is 0. The topological polar surface area (TPSA) is 50.9 Å². The van der Waals surface area contributed by atoms with Crippen molar-refractivity contribution in [1.29, 1.82) is 0 Å². The monoisotopic (exact) mass is 419 g/mol. The van der Waals surface area contributed by atoms with E-state index in [2.05, 4.69) is 50.9 Å².